The van der Waals surface area contributed by atoms with Gasteiger partial charge in [-0.05, 0) is 49.8 Å². The van der Waals surface area contributed by atoms with Crippen LogP contribution in [0.15, 0.2) is 48.7 Å². The number of aryl methyl sites for hydroxylation is 1. The van der Waals surface area contributed by atoms with Gasteiger partial charge in [0.2, 0.25) is 5.82 Å². The van der Waals surface area contributed by atoms with Gasteiger partial charge in [-0.2, -0.15) is 0 Å². The Kier molecular flexibility index (Phi) is 10.9. The largest absolute Gasteiger partial charge is 0.484 e. The normalized spacial score (nSPS) is 20.5. The Labute approximate surface area is 300 Å². The molecule has 1 aromatic carbocycles. The van der Waals surface area contributed by atoms with Crippen LogP contribution in [-0.2, 0) is 20.3 Å². The maximum atomic E-state index is 13.5. The molecule has 1 saturated carbocycles. The standard InChI is InChI=1S/C38H51N9O4/c1-7-26(24-47-25(2)44-45-35(47)38(6)15-10-16-38)51-30-14-13-29(27-11-8-9-12-28(27)30)40-36(49)43-32-23-31(37(3,4)5)41-33(42-32)34(48)39-17-18-46-19-21-50-22-20-46/h7-9,11-12,23-24,29-30H,1,10,13-22H2,2-6H3,(H,39,48)(H2,40,41,42,43,49)/b26-24+/t29-,30+/m0/s1. The van der Waals surface area contributed by atoms with Gasteiger partial charge < -0.3 is 20.1 Å². The maximum absolute atomic E-state index is 13.5. The molecular weight excluding hydrogens is 646 g/mol. The minimum Gasteiger partial charge on any atom is -0.484 e. The second-order valence-corrected chi connectivity index (χ2v) is 15.0. The van der Waals surface area contributed by atoms with Gasteiger partial charge in [0.05, 0.1) is 31.1 Å². The van der Waals surface area contributed by atoms with E-state index in [1.54, 1.807) is 12.1 Å². The summed E-state index contributed by atoms with van der Waals surface area (Å²) in [5.41, 5.74) is 2.27. The van der Waals surface area contributed by atoms with Crippen molar-refractivity contribution in [1.29, 1.82) is 0 Å². The Morgan fingerprint density at radius 1 is 1.10 bits per heavy atom. The summed E-state index contributed by atoms with van der Waals surface area (Å²) in [6, 6.07) is 9.06. The maximum Gasteiger partial charge on any atom is 0.320 e. The highest BCUT2D eigenvalue weighted by Gasteiger charge is 2.38. The van der Waals surface area contributed by atoms with Gasteiger partial charge in [0.1, 0.15) is 29.3 Å². The van der Waals surface area contributed by atoms with E-state index in [0.29, 0.717) is 50.6 Å². The first-order valence-electron chi connectivity index (χ1n) is 18.0. The number of hydrogen-bond donors (Lipinski definition) is 3. The molecule has 13 heteroatoms. The third-order valence-corrected chi connectivity index (χ3v) is 10.1. The van der Waals surface area contributed by atoms with Gasteiger partial charge in [-0.25, -0.2) is 14.8 Å². The number of carbonyl (C=O) groups is 2. The summed E-state index contributed by atoms with van der Waals surface area (Å²) >= 11 is 0. The van der Waals surface area contributed by atoms with E-state index in [0.717, 1.165) is 48.7 Å². The number of urea groups is 1. The zero-order valence-corrected chi connectivity index (χ0v) is 30.5. The Morgan fingerprint density at radius 3 is 2.53 bits per heavy atom. The van der Waals surface area contributed by atoms with E-state index in [9.17, 15) is 9.59 Å². The Balaban J connectivity index is 1.13. The topological polar surface area (TPSA) is 148 Å². The molecule has 6 rings (SSSR count). The predicted octanol–water partition coefficient (Wildman–Crippen LogP) is 5.58. The second kappa shape index (κ2) is 15.3. The highest BCUT2D eigenvalue weighted by Crippen LogP contribution is 2.43. The van der Waals surface area contributed by atoms with Crippen molar-refractivity contribution < 1.29 is 19.1 Å². The number of morpholine rings is 1. The van der Waals surface area contributed by atoms with Gasteiger partial charge in [0.25, 0.3) is 5.91 Å². The number of hydrogen-bond acceptors (Lipinski definition) is 9. The minimum absolute atomic E-state index is 0.0120. The summed E-state index contributed by atoms with van der Waals surface area (Å²) in [6.07, 6.45) is 8.12. The highest BCUT2D eigenvalue weighted by atomic mass is 16.5. The first kappa shape index (κ1) is 36.2. The SMILES string of the molecule is C=C/C(=C\n1c(C)nnc1C1(C)CCC1)O[C@@H]1CC[C@H](NC(=O)Nc2cc(C(C)(C)C)nc(C(=O)NCCN3CCOCC3)n2)c2ccccc21. The smallest absolute Gasteiger partial charge is 0.320 e. The van der Waals surface area contributed by atoms with Gasteiger partial charge in [-0.3, -0.25) is 19.6 Å². The molecule has 0 bridgehead atoms. The number of carbonyl (C=O) groups excluding carboxylic acids is 2. The van der Waals surface area contributed by atoms with Crippen LogP contribution in [0.4, 0.5) is 10.6 Å². The van der Waals surface area contributed by atoms with Crippen LogP contribution in [0.3, 0.4) is 0 Å². The van der Waals surface area contributed by atoms with Crippen LogP contribution in [0.5, 0.6) is 0 Å². The summed E-state index contributed by atoms with van der Waals surface area (Å²) in [4.78, 5) is 37.8. The van der Waals surface area contributed by atoms with Crippen LogP contribution in [0.1, 0.15) is 111 Å². The lowest BCUT2D eigenvalue weighted by molar-refractivity contribution is 0.0383. The van der Waals surface area contributed by atoms with E-state index >= 15 is 0 Å². The van der Waals surface area contributed by atoms with Gasteiger partial charge in [0, 0.05) is 43.1 Å². The number of ether oxygens (including phenoxy) is 2. The molecule has 3 aromatic rings. The summed E-state index contributed by atoms with van der Waals surface area (Å²) in [5, 5.41) is 17.8. The van der Waals surface area contributed by atoms with Gasteiger partial charge in [0.15, 0.2) is 0 Å². The van der Waals surface area contributed by atoms with E-state index in [1.807, 2.05) is 62.7 Å². The molecule has 2 atom stereocenters. The molecular formula is C38H51N9O4. The molecule has 1 saturated heterocycles. The zero-order valence-electron chi connectivity index (χ0n) is 30.5. The van der Waals surface area contributed by atoms with Crippen LogP contribution in [0, 0.1) is 6.92 Å². The fourth-order valence-corrected chi connectivity index (χ4v) is 6.85. The number of benzene rings is 1. The molecule has 13 nitrogen and oxygen atoms in total. The quantitative estimate of drug-likeness (QED) is 0.173. The molecule has 0 radical (unpaired) electrons. The third-order valence-electron chi connectivity index (χ3n) is 10.1. The average Bonchev–Trinajstić information content (AvgIpc) is 3.47. The minimum atomic E-state index is -0.418. The number of aromatic nitrogens is 5. The number of nitrogens with zero attached hydrogens (tertiary/aromatic N) is 6. The summed E-state index contributed by atoms with van der Waals surface area (Å²) < 4.78 is 14.0. The van der Waals surface area contributed by atoms with Crippen molar-refractivity contribution in [3.8, 4) is 0 Å². The van der Waals surface area contributed by atoms with Crippen LogP contribution in [0.25, 0.3) is 6.20 Å². The lowest BCUT2D eigenvalue weighted by Gasteiger charge is -2.37. The number of rotatable bonds is 11. The number of amides is 3. The monoisotopic (exact) mass is 697 g/mol. The van der Waals surface area contributed by atoms with Crippen LogP contribution in [0.2, 0.25) is 0 Å². The van der Waals surface area contributed by atoms with E-state index in [1.165, 1.54) is 6.42 Å². The number of fused-ring (bicyclic) bond motifs is 1. The lowest BCUT2D eigenvalue weighted by Crippen LogP contribution is -2.41. The molecule has 0 spiro atoms. The zero-order chi connectivity index (χ0) is 36.2. The molecule has 51 heavy (non-hydrogen) atoms. The molecule has 1 aliphatic heterocycles. The van der Waals surface area contributed by atoms with Crippen molar-refractivity contribution in [3.63, 3.8) is 0 Å². The molecule has 3 amide bonds. The first-order chi connectivity index (χ1) is 24.4. The molecule has 0 unspecified atom stereocenters. The molecule has 272 valence electrons. The number of allylic oxidation sites excluding steroid dienone is 1. The van der Waals surface area contributed by atoms with Crippen molar-refractivity contribution in [1.82, 2.24) is 40.3 Å². The second-order valence-electron chi connectivity index (χ2n) is 15.0. The molecule has 2 aromatic heterocycles. The van der Waals surface area contributed by atoms with Crippen LogP contribution >= 0.6 is 0 Å². The Bertz CT molecular complexity index is 1770. The van der Waals surface area contributed by atoms with Crippen molar-refractivity contribution in [2.45, 2.75) is 89.7 Å². The van der Waals surface area contributed by atoms with Crippen LogP contribution < -0.4 is 16.0 Å². The molecule has 3 aliphatic rings. The van der Waals surface area contributed by atoms with Gasteiger partial charge in [-0.1, -0.05) is 65.0 Å². The summed E-state index contributed by atoms with van der Waals surface area (Å²) in [7, 11) is 0. The third kappa shape index (κ3) is 8.48. The summed E-state index contributed by atoms with van der Waals surface area (Å²) in [5.74, 6) is 2.27. The Morgan fingerprint density at radius 2 is 1.84 bits per heavy atom. The van der Waals surface area contributed by atoms with Crippen molar-refractivity contribution in [3.05, 3.63) is 83.0 Å². The van der Waals surface area contributed by atoms with E-state index in [4.69, 9.17) is 9.47 Å². The Hall–Kier alpha value is -4.62. The van der Waals surface area contributed by atoms with Crippen molar-refractivity contribution in [2.75, 3.05) is 44.7 Å². The van der Waals surface area contributed by atoms with Gasteiger partial charge >= 0.3 is 6.03 Å². The molecule has 3 heterocycles. The van der Waals surface area contributed by atoms with Gasteiger partial charge in [-0.15, -0.1) is 10.2 Å². The fourth-order valence-electron chi connectivity index (χ4n) is 6.85. The van der Waals surface area contributed by atoms with E-state index in [2.05, 4.69) is 54.5 Å². The lowest BCUT2D eigenvalue weighted by atomic mass is 9.70. The molecule has 2 fully saturated rings. The highest BCUT2D eigenvalue weighted by molar-refractivity contribution is 5.92. The average molecular weight is 698 g/mol. The predicted molar refractivity (Wildman–Crippen MR) is 195 cm³/mol. The first-order valence-corrected chi connectivity index (χ1v) is 18.0. The van der Waals surface area contributed by atoms with Crippen molar-refractivity contribution in [2.24, 2.45) is 0 Å². The molecule has 3 N–H and O–H groups in total. The van der Waals surface area contributed by atoms with Crippen LogP contribution in [-0.4, -0.2) is 81.0 Å². The fraction of sp³-hybridized carbons (Fsp3) is 0.526. The summed E-state index contributed by atoms with van der Waals surface area (Å²) in [6.45, 7) is 18.5. The number of nitrogens with one attached hydrogen (secondary N) is 3. The number of anilines is 1. The van der Waals surface area contributed by atoms with E-state index in [-0.39, 0.29) is 40.5 Å². The van der Waals surface area contributed by atoms with E-state index < -0.39 is 6.03 Å². The van der Waals surface area contributed by atoms with Crippen molar-refractivity contribution >= 4 is 24.0 Å². The molecule has 2 aliphatic carbocycles.